The van der Waals surface area contributed by atoms with Gasteiger partial charge in [-0.15, -0.1) is 0 Å². The third-order valence-electron chi connectivity index (χ3n) is 4.00. The summed E-state index contributed by atoms with van der Waals surface area (Å²) in [4.78, 5) is 4.17. The fraction of sp³-hybridized carbons (Fsp3) is 0.150. The Hall–Kier alpha value is -3.26. The van der Waals surface area contributed by atoms with Gasteiger partial charge in [0.25, 0.3) is 10.0 Å². The average molecular weight is 399 g/mol. The molecule has 0 atom stereocenters. The van der Waals surface area contributed by atoms with Crippen LogP contribution in [-0.4, -0.2) is 27.6 Å². The molecule has 3 rings (SSSR count). The molecule has 28 heavy (non-hydrogen) atoms. The second kappa shape index (κ2) is 8.18. The molecule has 146 valence electrons. The van der Waals surface area contributed by atoms with Crippen molar-refractivity contribution < 1.29 is 17.9 Å². The van der Waals surface area contributed by atoms with Gasteiger partial charge in [-0.05, 0) is 43.3 Å². The molecular formula is C20H21N3O4S. The quantitative estimate of drug-likeness (QED) is 0.625. The summed E-state index contributed by atoms with van der Waals surface area (Å²) in [5, 5.41) is 3.21. The fourth-order valence-corrected chi connectivity index (χ4v) is 3.68. The summed E-state index contributed by atoms with van der Waals surface area (Å²) in [5.74, 6) is 0.886. The van der Waals surface area contributed by atoms with Crippen LogP contribution in [0.4, 0.5) is 17.2 Å². The lowest BCUT2D eigenvalue weighted by Crippen LogP contribution is -2.15. The van der Waals surface area contributed by atoms with Gasteiger partial charge >= 0.3 is 0 Å². The van der Waals surface area contributed by atoms with Crippen molar-refractivity contribution in [1.29, 1.82) is 0 Å². The molecule has 0 aliphatic carbocycles. The number of methoxy groups -OCH3 is 2. The van der Waals surface area contributed by atoms with Crippen LogP contribution in [0, 0.1) is 6.92 Å². The Morgan fingerprint density at radius 3 is 2.21 bits per heavy atom. The van der Waals surface area contributed by atoms with E-state index in [9.17, 15) is 8.42 Å². The molecule has 1 aromatic heterocycles. The molecule has 0 spiro atoms. The second-order valence-electron chi connectivity index (χ2n) is 6.05. The van der Waals surface area contributed by atoms with Gasteiger partial charge in [0, 0.05) is 11.8 Å². The predicted octanol–water partition coefficient (Wildman–Crippen LogP) is 3.95. The van der Waals surface area contributed by atoms with E-state index < -0.39 is 10.0 Å². The zero-order valence-electron chi connectivity index (χ0n) is 15.8. The Balaban J connectivity index is 1.76. The predicted molar refractivity (Wildman–Crippen MR) is 109 cm³/mol. The van der Waals surface area contributed by atoms with Gasteiger partial charge in [0.2, 0.25) is 0 Å². The SMILES string of the molecule is COc1ccc(S(=O)(=O)Nc2ccc(Nc3ccc(C)cc3)cn2)c(OC)c1. The van der Waals surface area contributed by atoms with Crippen LogP contribution < -0.4 is 19.5 Å². The lowest BCUT2D eigenvalue weighted by Gasteiger charge is -2.13. The maximum atomic E-state index is 12.7. The molecule has 7 nitrogen and oxygen atoms in total. The van der Waals surface area contributed by atoms with Crippen LogP contribution in [0.25, 0.3) is 0 Å². The topological polar surface area (TPSA) is 89.6 Å². The first kappa shape index (κ1) is 19.5. The van der Waals surface area contributed by atoms with E-state index in [4.69, 9.17) is 9.47 Å². The summed E-state index contributed by atoms with van der Waals surface area (Å²) in [6, 6.07) is 15.7. The molecule has 2 aromatic carbocycles. The number of benzene rings is 2. The molecule has 0 aliphatic heterocycles. The van der Waals surface area contributed by atoms with E-state index in [0.29, 0.717) is 5.75 Å². The minimum absolute atomic E-state index is 0.000503. The molecule has 3 aromatic rings. The van der Waals surface area contributed by atoms with Gasteiger partial charge in [-0.1, -0.05) is 17.7 Å². The van der Waals surface area contributed by atoms with E-state index in [0.717, 1.165) is 11.4 Å². The first-order chi connectivity index (χ1) is 13.4. The van der Waals surface area contributed by atoms with E-state index >= 15 is 0 Å². The molecular weight excluding hydrogens is 378 g/mol. The standard InChI is InChI=1S/C20H21N3O4S/c1-14-4-6-15(7-5-14)22-16-8-11-20(21-13-16)23-28(24,25)19-10-9-17(26-2)12-18(19)27-3/h4-13,22H,1-3H3,(H,21,23). The molecule has 0 saturated carbocycles. The number of anilines is 3. The highest BCUT2D eigenvalue weighted by atomic mass is 32.2. The number of nitrogens with one attached hydrogen (secondary N) is 2. The molecule has 0 amide bonds. The Kier molecular flexibility index (Phi) is 5.70. The summed E-state index contributed by atoms with van der Waals surface area (Å²) >= 11 is 0. The Morgan fingerprint density at radius 1 is 0.893 bits per heavy atom. The van der Waals surface area contributed by atoms with Gasteiger partial charge < -0.3 is 14.8 Å². The fourth-order valence-electron chi connectivity index (χ4n) is 2.52. The summed E-state index contributed by atoms with van der Waals surface area (Å²) < 4.78 is 38.1. The molecule has 0 saturated heterocycles. The van der Waals surface area contributed by atoms with Crippen LogP contribution in [0.5, 0.6) is 11.5 Å². The van der Waals surface area contributed by atoms with Crippen LogP contribution in [0.2, 0.25) is 0 Å². The number of sulfonamides is 1. The molecule has 0 fully saturated rings. The van der Waals surface area contributed by atoms with Crippen molar-refractivity contribution >= 4 is 27.2 Å². The summed E-state index contributed by atoms with van der Waals surface area (Å²) in [5.41, 5.74) is 2.83. The number of aromatic nitrogens is 1. The second-order valence-corrected chi connectivity index (χ2v) is 7.70. The van der Waals surface area contributed by atoms with Gasteiger partial charge in [-0.3, -0.25) is 4.72 Å². The highest BCUT2D eigenvalue weighted by molar-refractivity contribution is 7.92. The highest BCUT2D eigenvalue weighted by Gasteiger charge is 2.20. The van der Waals surface area contributed by atoms with Crippen molar-refractivity contribution in [2.45, 2.75) is 11.8 Å². The Morgan fingerprint density at radius 2 is 1.61 bits per heavy atom. The Labute approximate surface area is 164 Å². The molecule has 8 heteroatoms. The number of ether oxygens (including phenoxy) is 2. The number of hydrogen-bond donors (Lipinski definition) is 2. The van der Waals surface area contributed by atoms with E-state index in [2.05, 4.69) is 15.0 Å². The maximum absolute atomic E-state index is 12.7. The lowest BCUT2D eigenvalue weighted by molar-refractivity contribution is 0.386. The minimum atomic E-state index is -3.87. The van der Waals surface area contributed by atoms with Crippen LogP contribution >= 0.6 is 0 Å². The molecule has 0 radical (unpaired) electrons. The molecule has 0 unspecified atom stereocenters. The maximum Gasteiger partial charge on any atom is 0.266 e. The highest BCUT2D eigenvalue weighted by Crippen LogP contribution is 2.29. The minimum Gasteiger partial charge on any atom is -0.497 e. The van der Waals surface area contributed by atoms with Crippen molar-refractivity contribution in [2.24, 2.45) is 0 Å². The van der Waals surface area contributed by atoms with E-state index in [1.807, 2.05) is 31.2 Å². The van der Waals surface area contributed by atoms with E-state index in [1.165, 1.54) is 31.9 Å². The molecule has 0 aliphatic rings. The van der Waals surface area contributed by atoms with Crippen LogP contribution in [0.1, 0.15) is 5.56 Å². The van der Waals surface area contributed by atoms with E-state index in [-0.39, 0.29) is 16.5 Å². The monoisotopic (exact) mass is 399 g/mol. The number of rotatable bonds is 7. The first-order valence-corrected chi connectivity index (χ1v) is 9.94. The largest absolute Gasteiger partial charge is 0.497 e. The van der Waals surface area contributed by atoms with Crippen molar-refractivity contribution in [2.75, 3.05) is 24.3 Å². The molecule has 1 heterocycles. The van der Waals surface area contributed by atoms with Gasteiger partial charge in [-0.2, -0.15) is 0 Å². The lowest BCUT2D eigenvalue weighted by atomic mass is 10.2. The molecule has 0 bridgehead atoms. The number of nitrogens with zero attached hydrogens (tertiary/aromatic N) is 1. The summed E-state index contributed by atoms with van der Waals surface area (Å²) in [6.07, 6.45) is 1.56. The number of pyridine rings is 1. The van der Waals surface area contributed by atoms with Gasteiger partial charge in [0.1, 0.15) is 22.2 Å². The van der Waals surface area contributed by atoms with E-state index in [1.54, 1.807) is 24.4 Å². The third kappa shape index (κ3) is 4.52. The van der Waals surface area contributed by atoms with Gasteiger partial charge in [0.15, 0.2) is 0 Å². The third-order valence-corrected chi connectivity index (χ3v) is 5.40. The van der Waals surface area contributed by atoms with Crippen molar-refractivity contribution in [3.8, 4) is 11.5 Å². The smallest absolute Gasteiger partial charge is 0.266 e. The normalized spacial score (nSPS) is 11.0. The summed E-state index contributed by atoms with van der Waals surface area (Å²) in [6.45, 7) is 2.02. The average Bonchev–Trinajstić information content (AvgIpc) is 2.70. The van der Waals surface area contributed by atoms with Gasteiger partial charge in [-0.25, -0.2) is 13.4 Å². The summed E-state index contributed by atoms with van der Waals surface area (Å²) in [7, 11) is -0.973. The number of aryl methyl sites for hydroxylation is 1. The molecule has 2 N–H and O–H groups in total. The van der Waals surface area contributed by atoms with Crippen molar-refractivity contribution in [3.05, 3.63) is 66.4 Å². The number of hydrogen-bond acceptors (Lipinski definition) is 6. The van der Waals surface area contributed by atoms with Crippen molar-refractivity contribution in [3.63, 3.8) is 0 Å². The zero-order chi connectivity index (χ0) is 20.1. The van der Waals surface area contributed by atoms with Gasteiger partial charge in [0.05, 0.1) is 26.1 Å². The van der Waals surface area contributed by atoms with Crippen molar-refractivity contribution in [1.82, 2.24) is 4.98 Å². The Bertz CT molecular complexity index is 1050. The first-order valence-electron chi connectivity index (χ1n) is 8.46. The van der Waals surface area contributed by atoms with Crippen LogP contribution in [-0.2, 0) is 10.0 Å². The van der Waals surface area contributed by atoms with Crippen LogP contribution in [0.15, 0.2) is 65.7 Å². The van der Waals surface area contributed by atoms with Crippen LogP contribution in [0.3, 0.4) is 0 Å². The zero-order valence-corrected chi connectivity index (χ0v) is 16.6.